The first-order chi connectivity index (χ1) is 14.3. The predicted octanol–water partition coefficient (Wildman–Crippen LogP) is 2.48. The molecule has 2 amide bonds. The van der Waals surface area contributed by atoms with Gasteiger partial charge in [-0.15, -0.1) is 0 Å². The van der Waals surface area contributed by atoms with E-state index in [2.05, 4.69) is 25.6 Å². The standard InChI is InChI=1S/C21H24N6O2/c28-21(25-19-6-1-4-17(14-19)16-27-9-3-8-24-27)23-15-18-5-2-7-22-20(18)26-10-12-29-13-11-26/h1-9,14H,10-13,15-16H2,(H2,23,25,28). The van der Waals surface area contributed by atoms with E-state index in [0.29, 0.717) is 26.3 Å². The minimum atomic E-state index is -0.252. The van der Waals surface area contributed by atoms with Crippen LogP contribution in [0.5, 0.6) is 0 Å². The van der Waals surface area contributed by atoms with Crippen LogP contribution in [0.1, 0.15) is 11.1 Å². The average molecular weight is 392 g/mol. The smallest absolute Gasteiger partial charge is 0.319 e. The second kappa shape index (κ2) is 9.20. The highest BCUT2D eigenvalue weighted by Gasteiger charge is 2.16. The molecule has 4 rings (SSSR count). The van der Waals surface area contributed by atoms with E-state index in [0.717, 1.165) is 35.7 Å². The third-order valence-corrected chi connectivity index (χ3v) is 4.71. The summed E-state index contributed by atoms with van der Waals surface area (Å²) in [5.74, 6) is 0.900. The van der Waals surface area contributed by atoms with Gasteiger partial charge >= 0.3 is 6.03 Å². The number of nitrogens with zero attached hydrogens (tertiary/aromatic N) is 4. The molecule has 29 heavy (non-hydrogen) atoms. The van der Waals surface area contributed by atoms with E-state index in [4.69, 9.17) is 4.74 Å². The highest BCUT2D eigenvalue weighted by atomic mass is 16.5. The fourth-order valence-corrected chi connectivity index (χ4v) is 3.31. The molecule has 1 fully saturated rings. The predicted molar refractivity (Wildman–Crippen MR) is 111 cm³/mol. The van der Waals surface area contributed by atoms with Crippen molar-refractivity contribution in [2.75, 3.05) is 36.5 Å². The molecule has 0 atom stereocenters. The zero-order valence-corrected chi connectivity index (χ0v) is 16.1. The van der Waals surface area contributed by atoms with Gasteiger partial charge in [0.05, 0.1) is 19.8 Å². The monoisotopic (exact) mass is 392 g/mol. The topological polar surface area (TPSA) is 84.3 Å². The third-order valence-electron chi connectivity index (χ3n) is 4.71. The van der Waals surface area contributed by atoms with Gasteiger partial charge < -0.3 is 20.3 Å². The Hall–Kier alpha value is -3.39. The van der Waals surface area contributed by atoms with Crippen LogP contribution in [0, 0.1) is 0 Å². The lowest BCUT2D eigenvalue weighted by Crippen LogP contribution is -2.38. The van der Waals surface area contributed by atoms with Gasteiger partial charge in [-0.3, -0.25) is 4.68 Å². The van der Waals surface area contributed by atoms with Gasteiger partial charge in [-0.05, 0) is 29.8 Å². The van der Waals surface area contributed by atoms with E-state index >= 15 is 0 Å². The average Bonchev–Trinajstić information content (AvgIpc) is 3.26. The number of benzene rings is 1. The summed E-state index contributed by atoms with van der Waals surface area (Å²) in [5.41, 5.74) is 2.79. The first kappa shape index (κ1) is 18.9. The Bertz CT molecular complexity index is 938. The number of morpholine rings is 1. The lowest BCUT2D eigenvalue weighted by Gasteiger charge is -2.29. The molecule has 0 radical (unpaired) electrons. The Morgan fingerprint density at radius 3 is 2.83 bits per heavy atom. The second-order valence-electron chi connectivity index (χ2n) is 6.80. The van der Waals surface area contributed by atoms with Crippen molar-refractivity contribution in [3.8, 4) is 0 Å². The normalized spacial score (nSPS) is 13.9. The summed E-state index contributed by atoms with van der Waals surface area (Å²) >= 11 is 0. The summed E-state index contributed by atoms with van der Waals surface area (Å²) in [7, 11) is 0. The first-order valence-corrected chi connectivity index (χ1v) is 9.66. The van der Waals surface area contributed by atoms with Crippen LogP contribution in [0.15, 0.2) is 61.1 Å². The van der Waals surface area contributed by atoms with Crippen LogP contribution < -0.4 is 15.5 Å². The summed E-state index contributed by atoms with van der Waals surface area (Å²) in [5, 5.41) is 10.0. The fourth-order valence-electron chi connectivity index (χ4n) is 3.31. The molecule has 1 saturated heterocycles. The number of hydrogen-bond donors (Lipinski definition) is 2. The second-order valence-corrected chi connectivity index (χ2v) is 6.80. The molecular formula is C21H24N6O2. The maximum atomic E-state index is 12.4. The van der Waals surface area contributed by atoms with Crippen molar-refractivity contribution in [2.24, 2.45) is 0 Å². The molecule has 2 aromatic heterocycles. The number of pyridine rings is 1. The number of carbonyl (C=O) groups excluding carboxylic acids is 1. The molecule has 0 unspecified atom stereocenters. The summed E-state index contributed by atoms with van der Waals surface area (Å²) < 4.78 is 7.26. The van der Waals surface area contributed by atoms with Crippen LogP contribution in [0.25, 0.3) is 0 Å². The maximum absolute atomic E-state index is 12.4. The molecule has 0 aliphatic carbocycles. The Morgan fingerprint density at radius 2 is 2.00 bits per heavy atom. The molecule has 3 heterocycles. The SMILES string of the molecule is O=C(NCc1cccnc1N1CCOCC1)Nc1cccc(Cn2cccn2)c1. The van der Waals surface area contributed by atoms with Crippen LogP contribution in [-0.4, -0.2) is 47.1 Å². The zero-order chi connectivity index (χ0) is 19.9. The Kier molecular flexibility index (Phi) is 6.01. The van der Waals surface area contributed by atoms with Gasteiger partial charge in [0.25, 0.3) is 0 Å². The number of aromatic nitrogens is 3. The lowest BCUT2D eigenvalue weighted by atomic mass is 10.2. The largest absolute Gasteiger partial charge is 0.378 e. The molecule has 1 aliphatic heterocycles. The molecule has 1 aliphatic rings. The van der Waals surface area contributed by atoms with Gasteiger partial charge in [-0.2, -0.15) is 5.10 Å². The van der Waals surface area contributed by atoms with E-state index in [9.17, 15) is 4.79 Å². The summed E-state index contributed by atoms with van der Waals surface area (Å²) in [4.78, 5) is 19.1. The minimum Gasteiger partial charge on any atom is -0.378 e. The van der Waals surface area contributed by atoms with Crippen LogP contribution >= 0.6 is 0 Å². The number of hydrogen-bond acceptors (Lipinski definition) is 5. The van der Waals surface area contributed by atoms with Gasteiger partial charge in [-0.25, -0.2) is 9.78 Å². The van der Waals surface area contributed by atoms with Gasteiger partial charge in [0.15, 0.2) is 0 Å². The first-order valence-electron chi connectivity index (χ1n) is 9.66. The van der Waals surface area contributed by atoms with E-state index in [1.165, 1.54) is 0 Å². The molecule has 0 saturated carbocycles. The highest BCUT2D eigenvalue weighted by Crippen LogP contribution is 2.18. The van der Waals surface area contributed by atoms with Gasteiger partial charge in [0.2, 0.25) is 0 Å². The van der Waals surface area contributed by atoms with Crippen molar-refractivity contribution in [1.82, 2.24) is 20.1 Å². The number of anilines is 2. The molecule has 2 N–H and O–H groups in total. The summed E-state index contributed by atoms with van der Waals surface area (Å²) in [6.45, 7) is 4.05. The summed E-state index contributed by atoms with van der Waals surface area (Å²) in [6, 6.07) is 13.3. The Morgan fingerprint density at radius 1 is 1.10 bits per heavy atom. The minimum absolute atomic E-state index is 0.252. The quantitative estimate of drug-likeness (QED) is 0.673. The number of amides is 2. The number of urea groups is 1. The molecule has 8 nitrogen and oxygen atoms in total. The number of carbonyl (C=O) groups is 1. The van der Waals surface area contributed by atoms with Crippen LogP contribution in [0.4, 0.5) is 16.3 Å². The van der Waals surface area contributed by atoms with Crippen LogP contribution in [0.3, 0.4) is 0 Å². The van der Waals surface area contributed by atoms with Gasteiger partial charge in [-0.1, -0.05) is 18.2 Å². The van der Waals surface area contributed by atoms with Crippen molar-refractivity contribution in [2.45, 2.75) is 13.1 Å². The Labute approximate surface area is 169 Å². The Balaban J connectivity index is 1.35. The number of rotatable bonds is 6. The third kappa shape index (κ3) is 5.11. The summed E-state index contributed by atoms with van der Waals surface area (Å²) in [6.07, 6.45) is 5.44. The zero-order valence-electron chi connectivity index (χ0n) is 16.1. The van der Waals surface area contributed by atoms with E-state index in [1.807, 2.05) is 53.3 Å². The number of nitrogens with one attached hydrogen (secondary N) is 2. The molecule has 8 heteroatoms. The molecule has 0 spiro atoms. The molecule has 3 aromatic rings. The van der Waals surface area contributed by atoms with Crippen LogP contribution in [0.2, 0.25) is 0 Å². The molecular weight excluding hydrogens is 368 g/mol. The molecule has 150 valence electrons. The highest BCUT2D eigenvalue weighted by molar-refractivity contribution is 5.89. The van der Waals surface area contributed by atoms with Crippen molar-refractivity contribution >= 4 is 17.5 Å². The van der Waals surface area contributed by atoms with E-state index < -0.39 is 0 Å². The van der Waals surface area contributed by atoms with E-state index in [-0.39, 0.29) is 6.03 Å². The van der Waals surface area contributed by atoms with Crippen molar-refractivity contribution < 1.29 is 9.53 Å². The van der Waals surface area contributed by atoms with E-state index in [1.54, 1.807) is 12.4 Å². The molecule has 0 bridgehead atoms. The fraction of sp³-hybridized carbons (Fsp3) is 0.286. The maximum Gasteiger partial charge on any atom is 0.319 e. The van der Waals surface area contributed by atoms with Crippen molar-refractivity contribution in [3.05, 3.63) is 72.2 Å². The lowest BCUT2D eigenvalue weighted by molar-refractivity contribution is 0.122. The van der Waals surface area contributed by atoms with Crippen molar-refractivity contribution in [3.63, 3.8) is 0 Å². The number of ether oxygens (including phenoxy) is 1. The van der Waals surface area contributed by atoms with Crippen LogP contribution in [-0.2, 0) is 17.8 Å². The van der Waals surface area contributed by atoms with Gasteiger partial charge in [0.1, 0.15) is 5.82 Å². The van der Waals surface area contributed by atoms with Gasteiger partial charge in [0, 0.05) is 49.5 Å². The molecule has 1 aromatic carbocycles. The van der Waals surface area contributed by atoms with Crippen molar-refractivity contribution in [1.29, 1.82) is 0 Å².